The summed E-state index contributed by atoms with van der Waals surface area (Å²) in [7, 11) is 0. The van der Waals surface area contributed by atoms with Crippen LogP contribution in [0, 0.1) is 5.92 Å². The first-order valence-corrected chi connectivity index (χ1v) is 14.0. The van der Waals surface area contributed by atoms with E-state index in [-0.39, 0.29) is 0 Å². The Hall–Kier alpha value is -3.06. The third kappa shape index (κ3) is 18.8. The van der Waals surface area contributed by atoms with Gasteiger partial charge in [0.15, 0.2) is 0 Å². The summed E-state index contributed by atoms with van der Waals surface area (Å²) in [5, 5.41) is 0. The van der Waals surface area contributed by atoms with Gasteiger partial charge in [-0.3, -0.25) is 0 Å². The smallest absolute Gasteiger partial charge is 0.119 e. The summed E-state index contributed by atoms with van der Waals surface area (Å²) in [6, 6.07) is 29.4. The molecule has 3 aliphatic rings. The van der Waals surface area contributed by atoms with Gasteiger partial charge in [0.25, 0.3) is 0 Å². The van der Waals surface area contributed by atoms with E-state index in [1.54, 1.807) is 0 Å². The molecule has 3 aromatic rings. The van der Waals surface area contributed by atoms with E-state index in [1.165, 1.54) is 0 Å². The maximum Gasteiger partial charge on any atom is 0.119 e. The van der Waals surface area contributed by atoms with Crippen molar-refractivity contribution in [2.24, 2.45) is 5.92 Å². The second-order valence-corrected chi connectivity index (χ2v) is 9.47. The zero-order valence-corrected chi connectivity index (χ0v) is 24.2. The standard InChI is InChI=1S/3C9H10O2.C4H10.C2H6/c3*1-2-4-8(5-3-1)10-6-9-7-11-9;1-4(2)3;1-2/h3*1-5,9H,6-7H2;4H,1-3H3;1-2H3. The Bertz CT molecular complexity index is 815. The van der Waals surface area contributed by atoms with E-state index in [4.69, 9.17) is 28.4 Å². The predicted molar refractivity (Wildman–Crippen MR) is 157 cm³/mol. The molecule has 39 heavy (non-hydrogen) atoms. The first-order valence-electron chi connectivity index (χ1n) is 14.0. The fourth-order valence-electron chi connectivity index (χ4n) is 2.61. The Morgan fingerprint density at radius 2 is 0.718 bits per heavy atom. The Labute approximate surface area is 235 Å². The van der Waals surface area contributed by atoms with E-state index < -0.39 is 0 Å². The van der Waals surface area contributed by atoms with Gasteiger partial charge in [0.1, 0.15) is 55.4 Å². The van der Waals surface area contributed by atoms with E-state index in [9.17, 15) is 0 Å². The lowest BCUT2D eigenvalue weighted by Gasteiger charge is -2.01. The molecule has 0 spiro atoms. The van der Waals surface area contributed by atoms with Gasteiger partial charge >= 0.3 is 0 Å². The van der Waals surface area contributed by atoms with Crippen molar-refractivity contribution in [3.63, 3.8) is 0 Å². The average molecular weight is 539 g/mol. The van der Waals surface area contributed by atoms with Crippen LogP contribution < -0.4 is 14.2 Å². The van der Waals surface area contributed by atoms with Crippen LogP contribution in [0.2, 0.25) is 0 Å². The fourth-order valence-corrected chi connectivity index (χ4v) is 2.61. The summed E-state index contributed by atoms with van der Waals surface area (Å²) in [5.41, 5.74) is 0. The van der Waals surface area contributed by atoms with Gasteiger partial charge in [-0.2, -0.15) is 0 Å². The SMILES string of the molecule is CC.CC(C)C.c1ccc(OCC2CO2)cc1.c1ccc(OCC2CO2)cc1.c1ccc(OCC2CO2)cc1. The summed E-state index contributed by atoms with van der Waals surface area (Å²) in [4.78, 5) is 0. The highest BCUT2D eigenvalue weighted by molar-refractivity contribution is 5.22. The molecule has 0 aromatic heterocycles. The second-order valence-electron chi connectivity index (χ2n) is 9.47. The van der Waals surface area contributed by atoms with Crippen LogP contribution in [0.25, 0.3) is 0 Å². The number of rotatable bonds is 9. The highest BCUT2D eigenvalue weighted by Crippen LogP contribution is 2.15. The number of epoxide rings is 3. The van der Waals surface area contributed by atoms with Gasteiger partial charge in [-0.05, 0) is 42.3 Å². The molecule has 6 heteroatoms. The van der Waals surface area contributed by atoms with Crippen molar-refractivity contribution >= 4 is 0 Å². The monoisotopic (exact) mass is 538 g/mol. The quantitative estimate of drug-likeness (QED) is 0.271. The normalized spacial score (nSPS) is 19.1. The Balaban J connectivity index is 0.000000186. The van der Waals surface area contributed by atoms with Crippen LogP contribution in [0.1, 0.15) is 34.6 Å². The van der Waals surface area contributed by atoms with Crippen molar-refractivity contribution in [3.05, 3.63) is 91.0 Å². The molecular formula is C33H46O6. The molecule has 214 valence electrons. The molecule has 3 aliphatic heterocycles. The maximum atomic E-state index is 5.40. The molecule has 6 rings (SSSR count). The molecule has 3 atom stereocenters. The molecule has 0 radical (unpaired) electrons. The third-order valence-electron chi connectivity index (χ3n) is 4.74. The maximum absolute atomic E-state index is 5.40. The molecule has 0 N–H and O–H groups in total. The minimum absolute atomic E-state index is 0.343. The van der Waals surface area contributed by atoms with Gasteiger partial charge in [0.2, 0.25) is 0 Å². The average Bonchev–Trinajstić information content (AvgIpc) is 3.83. The van der Waals surface area contributed by atoms with E-state index in [2.05, 4.69) is 20.8 Å². The highest BCUT2D eigenvalue weighted by atomic mass is 16.6. The topological polar surface area (TPSA) is 65.3 Å². The molecule has 3 heterocycles. The lowest BCUT2D eigenvalue weighted by molar-refractivity contribution is 0.263. The lowest BCUT2D eigenvalue weighted by Crippen LogP contribution is -2.03. The van der Waals surface area contributed by atoms with Gasteiger partial charge in [0.05, 0.1) is 19.8 Å². The largest absolute Gasteiger partial charge is 0.491 e. The van der Waals surface area contributed by atoms with Gasteiger partial charge in [-0.1, -0.05) is 89.2 Å². The van der Waals surface area contributed by atoms with Crippen LogP contribution in [0.5, 0.6) is 17.2 Å². The third-order valence-corrected chi connectivity index (χ3v) is 4.74. The van der Waals surface area contributed by atoms with Crippen molar-refractivity contribution in [2.45, 2.75) is 52.9 Å². The van der Waals surface area contributed by atoms with Crippen molar-refractivity contribution in [3.8, 4) is 17.2 Å². The van der Waals surface area contributed by atoms with Crippen LogP contribution >= 0.6 is 0 Å². The van der Waals surface area contributed by atoms with Gasteiger partial charge < -0.3 is 28.4 Å². The van der Waals surface area contributed by atoms with Crippen LogP contribution in [0.15, 0.2) is 91.0 Å². The lowest BCUT2D eigenvalue weighted by atomic mass is 10.3. The van der Waals surface area contributed by atoms with E-state index in [0.29, 0.717) is 38.1 Å². The number of hydrogen-bond acceptors (Lipinski definition) is 6. The molecule has 3 saturated heterocycles. The zero-order chi connectivity index (χ0) is 28.1. The second kappa shape index (κ2) is 19.9. The molecular weight excluding hydrogens is 492 g/mol. The number of benzene rings is 3. The number of ether oxygens (including phenoxy) is 6. The molecule has 6 nitrogen and oxygen atoms in total. The van der Waals surface area contributed by atoms with Crippen LogP contribution in [-0.4, -0.2) is 58.0 Å². The zero-order valence-electron chi connectivity index (χ0n) is 24.2. The van der Waals surface area contributed by atoms with E-state index in [1.807, 2.05) is 105 Å². The summed E-state index contributed by atoms with van der Waals surface area (Å²) in [6.07, 6.45) is 1.03. The van der Waals surface area contributed by atoms with Crippen LogP contribution in [0.3, 0.4) is 0 Å². The summed E-state index contributed by atoms with van der Waals surface area (Å²) in [6.45, 7) is 15.1. The minimum atomic E-state index is 0.343. The van der Waals surface area contributed by atoms with Gasteiger partial charge in [-0.15, -0.1) is 0 Å². The van der Waals surface area contributed by atoms with Crippen molar-refractivity contribution in [1.29, 1.82) is 0 Å². The fraction of sp³-hybridized carbons (Fsp3) is 0.455. The molecule has 0 bridgehead atoms. The van der Waals surface area contributed by atoms with Crippen molar-refractivity contribution < 1.29 is 28.4 Å². The molecule has 0 aliphatic carbocycles. The molecule has 0 amide bonds. The molecule has 3 aromatic carbocycles. The number of para-hydroxylation sites is 3. The van der Waals surface area contributed by atoms with Crippen LogP contribution in [-0.2, 0) is 14.2 Å². The Kier molecular flexibility index (Phi) is 16.4. The van der Waals surface area contributed by atoms with Crippen LogP contribution in [0.4, 0.5) is 0 Å². The van der Waals surface area contributed by atoms with E-state index >= 15 is 0 Å². The highest BCUT2D eigenvalue weighted by Gasteiger charge is 2.24. The van der Waals surface area contributed by atoms with Crippen molar-refractivity contribution in [1.82, 2.24) is 0 Å². The van der Waals surface area contributed by atoms with E-state index in [0.717, 1.165) is 43.0 Å². The summed E-state index contributed by atoms with van der Waals surface area (Å²) < 4.78 is 31.2. The number of hydrogen-bond donors (Lipinski definition) is 0. The van der Waals surface area contributed by atoms with Gasteiger partial charge in [-0.25, -0.2) is 0 Å². The molecule has 3 unspecified atom stereocenters. The Morgan fingerprint density at radius 3 is 0.897 bits per heavy atom. The van der Waals surface area contributed by atoms with Crippen molar-refractivity contribution in [2.75, 3.05) is 39.6 Å². The first kappa shape index (κ1) is 32.2. The molecule has 0 saturated carbocycles. The first-order chi connectivity index (χ1) is 19.1. The summed E-state index contributed by atoms with van der Waals surface area (Å²) in [5.74, 6) is 3.59. The Morgan fingerprint density at radius 1 is 0.513 bits per heavy atom. The summed E-state index contributed by atoms with van der Waals surface area (Å²) >= 11 is 0. The minimum Gasteiger partial charge on any atom is -0.491 e. The molecule has 3 fully saturated rings. The predicted octanol–water partition coefficient (Wildman–Crippen LogP) is 7.08. The van der Waals surface area contributed by atoms with Gasteiger partial charge in [0, 0.05) is 0 Å².